The molecule has 3 atom stereocenters. The highest BCUT2D eigenvalue weighted by Gasteiger charge is 2.29. The molecule has 5 nitrogen and oxygen atoms in total. The summed E-state index contributed by atoms with van der Waals surface area (Å²) < 4.78 is 4.85. The number of benzene rings is 6. The summed E-state index contributed by atoms with van der Waals surface area (Å²) in [6, 6.07) is 55.5. The van der Waals surface area contributed by atoms with Gasteiger partial charge in [-0.15, -0.1) is 0 Å². The molecule has 5 heteroatoms. The Hall–Kier alpha value is -7.50. The van der Waals surface area contributed by atoms with Crippen molar-refractivity contribution in [3.63, 3.8) is 0 Å². The maximum Gasteiger partial charge on any atom is 0.0809 e. The molecular formula is C58H49N5. The zero-order valence-electron chi connectivity index (χ0n) is 35.9. The molecule has 0 spiro atoms. The highest BCUT2D eigenvalue weighted by Crippen LogP contribution is 2.43. The zero-order valence-corrected chi connectivity index (χ0v) is 35.9. The summed E-state index contributed by atoms with van der Waals surface area (Å²) in [4.78, 5) is 10.8. The van der Waals surface area contributed by atoms with E-state index in [-0.39, 0.29) is 6.04 Å². The fourth-order valence-electron chi connectivity index (χ4n) is 9.98. The molecule has 3 aromatic heterocycles. The van der Waals surface area contributed by atoms with E-state index in [1.807, 2.05) is 36.4 Å². The number of pyridine rings is 1. The van der Waals surface area contributed by atoms with Crippen LogP contribution >= 0.6 is 0 Å². The Bertz CT molecular complexity index is 3310. The van der Waals surface area contributed by atoms with Gasteiger partial charge in [0.15, 0.2) is 0 Å². The molecule has 306 valence electrons. The van der Waals surface area contributed by atoms with Gasteiger partial charge >= 0.3 is 0 Å². The number of fused-ring (bicyclic) bond motifs is 8. The molecule has 0 amide bonds. The molecule has 0 saturated heterocycles. The van der Waals surface area contributed by atoms with Gasteiger partial charge in [0.25, 0.3) is 0 Å². The second-order valence-electron chi connectivity index (χ2n) is 17.3. The lowest BCUT2D eigenvalue weighted by atomic mass is 9.84. The Balaban J connectivity index is 1.00. The number of rotatable bonds is 8. The molecule has 63 heavy (non-hydrogen) atoms. The zero-order chi connectivity index (χ0) is 42.6. The van der Waals surface area contributed by atoms with Gasteiger partial charge in [-0.25, -0.2) is 4.98 Å². The quantitative estimate of drug-likeness (QED) is 0.155. The van der Waals surface area contributed by atoms with Crippen LogP contribution in [-0.4, -0.2) is 19.8 Å². The Labute approximate surface area is 368 Å². The molecule has 0 fully saturated rings. The van der Waals surface area contributed by atoms with Gasteiger partial charge in [0.2, 0.25) is 0 Å². The molecule has 0 aliphatic heterocycles. The summed E-state index contributed by atoms with van der Waals surface area (Å²) in [6.45, 7) is 6.86. The number of nitrogens with zero attached hydrogens (tertiary/aromatic N) is 4. The van der Waals surface area contributed by atoms with E-state index in [2.05, 4.69) is 182 Å². The fourth-order valence-corrected chi connectivity index (χ4v) is 9.98. The lowest BCUT2D eigenvalue weighted by Gasteiger charge is -2.19. The van der Waals surface area contributed by atoms with Crippen LogP contribution in [0.4, 0.5) is 0 Å². The van der Waals surface area contributed by atoms with Crippen molar-refractivity contribution >= 4 is 56.3 Å². The molecule has 2 N–H and O–H groups in total. The monoisotopic (exact) mass is 815 g/mol. The predicted octanol–water partition coefficient (Wildman–Crippen LogP) is 14.1. The molecule has 0 bridgehead atoms. The van der Waals surface area contributed by atoms with Crippen LogP contribution in [0.2, 0.25) is 0 Å². The Morgan fingerprint density at radius 3 is 2.16 bits per heavy atom. The number of aliphatic imine (C=N–C) groups is 1. The van der Waals surface area contributed by atoms with Gasteiger partial charge in [0, 0.05) is 50.2 Å². The van der Waals surface area contributed by atoms with Crippen molar-refractivity contribution in [3.8, 4) is 22.6 Å². The number of aromatic nitrogens is 3. The third kappa shape index (κ3) is 6.72. The van der Waals surface area contributed by atoms with Crippen LogP contribution in [0.3, 0.4) is 0 Å². The van der Waals surface area contributed by atoms with Crippen LogP contribution < -0.4 is 5.73 Å². The van der Waals surface area contributed by atoms with E-state index in [0.717, 1.165) is 79.5 Å². The molecule has 2 aliphatic rings. The molecular weight excluding hydrogens is 767 g/mol. The van der Waals surface area contributed by atoms with Crippen LogP contribution in [0.25, 0.3) is 73.2 Å². The minimum atomic E-state index is -0.132. The van der Waals surface area contributed by atoms with Crippen LogP contribution in [0, 0.1) is 5.92 Å². The van der Waals surface area contributed by atoms with E-state index in [4.69, 9.17) is 15.7 Å². The third-order valence-electron chi connectivity index (χ3n) is 13.1. The molecule has 0 radical (unpaired) electrons. The Morgan fingerprint density at radius 2 is 1.38 bits per heavy atom. The summed E-state index contributed by atoms with van der Waals surface area (Å²) in [5, 5.41) is 3.43. The van der Waals surface area contributed by atoms with Crippen molar-refractivity contribution in [1.29, 1.82) is 0 Å². The van der Waals surface area contributed by atoms with Crippen molar-refractivity contribution < 1.29 is 0 Å². The van der Waals surface area contributed by atoms with Crippen molar-refractivity contribution in [2.24, 2.45) is 16.6 Å². The molecule has 9 aromatic rings. The Morgan fingerprint density at radius 1 is 0.698 bits per heavy atom. The van der Waals surface area contributed by atoms with Gasteiger partial charge in [0.1, 0.15) is 0 Å². The lowest BCUT2D eigenvalue weighted by molar-refractivity contribution is 0.691. The minimum Gasteiger partial charge on any atom is -0.398 e. The molecule has 0 saturated carbocycles. The molecule has 3 unspecified atom stereocenters. The minimum absolute atomic E-state index is 0.132. The second kappa shape index (κ2) is 15.8. The number of para-hydroxylation sites is 3. The third-order valence-corrected chi connectivity index (χ3v) is 13.1. The van der Waals surface area contributed by atoms with E-state index in [1.165, 1.54) is 33.6 Å². The first kappa shape index (κ1) is 38.4. The van der Waals surface area contributed by atoms with Gasteiger partial charge < -0.3 is 14.9 Å². The number of hydrogen-bond acceptors (Lipinski definition) is 3. The average Bonchev–Trinajstić information content (AvgIpc) is 3.85. The maximum absolute atomic E-state index is 6.84. The molecule has 2 aliphatic carbocycles. The van der Waals surface area contributed by atoms with Crippen molar-refractivity contribution in [2.75, 3.05) is 0 Å². The first-order chi connectivity index (χ1) is 30.9. The van der Waals surface area contributed by atoms with E-state index >= 15 is 0 Å². The van der Waals surface area contributed by atoms with Crippen LogP contribution in [0.5, 0.6) is 0 Å². The van der Waals surface area contributed by atoms with Gasteiger partial charge in [-0.1, -0.05) is 147 Å². The number of nitrogens with two attached hydrogens (primary N) is 1. The van der Waals surface area contributed by atoms with Crippen molar-refractivity contribution in [3.05, 3.63) is 215 Å². The van der Waals surface area contributed by atoms with E-state index < -0.39 is 0 Å². The van der Waals surface area contributed by atoms with Crippen LogP contribution in [-0.2, 0) is 6.42 Å². The van der Waals surface area contributed by atoms with E-state index in [9.17, 15) is 0 Å². The summed E-state index contributed by atoms with van der Waals surface area (Å²) >= 11 is 0. The van der Waals surface area contributed by atoms with Crippen LogP contribution in [0.15, 0.2) is 181 Å². The fraction of sp³-hybridized carbons (Fsp3) is 0.138. The number of allylic oxidation sites excluding steroid dienone is 3. The van der Waals surface area contributed by atoms with Gasteiger partial charge in [-0.3, -0.25) is 4.99 Å². The van der Waals surface area contributed by atoms with E-state index in [1.54, 1.807) is 0 Å². The maximum atomic E-state index is 6.84. The highest BCUT2D eigenvalue weighted by atomic mass is 15.0. The average molecular weight is 816 g/mol. The molecule has 11 rings (SSSR count). The van der Waals surface area contributed by atoms with E-state index in [0.29, 0.717) is 17.5 Å². The normalized spacial score (nSPS) is 16.7. The smallest absolute Gasteiger partial charge is 0.0809 e. The molecule has 3 heterocycles. The van der Waals surface area contributed by atoms with Gasteiger partial charge in [-0.2, -0.15) is 0 Å². The second-order valence-corrected chi connectivity index (χ2v) is 17.3. The van der Waals surface area contributed by atoms with Crippen molar-refractivity contribution in [1.82, 2.24) is 14.1 Å². The highest BCUT2D eigenvalue weighted by molar-refractivity contribution is 6.22. The summed E-state index contributed by atoms with van der Waals surface area (Å²) in [7, 11) is 0. The van der Waals surface area contributed by atoms with Gasteiger partial charge in [0.05, 0.1) is 34.0 Å². The topological polar surface area (TPSA) is 61.1 Å². The largest absolute Gasteiger partial charge is 0.398 e. The lowest BCUT2D eigenvalue weighted by Crippen LogP contribution is -2.07. The summed E-state index contributed by atoms with van der Waals surface area (Å²) in [6.07, 6.45) is 13.6. The van der Waals surface area contributed by atoms with Crippen molar-refractivity contribution in [2.45, 2.75) is 45.6 Å². The standard InChI is InChI=1S/C58H49N5/c1-37-25-34-53-48(35-37)55-38(2)15-14-24-54(55)62(53)45-32-30-40(31-33-45)39(3)60-51(36-49(59)41-16-6-4-7-17-41)42-26-28-43(29-27-42)57-56-47-21-11-13-23-52(47)63(44-18-8-5-9-19-44)58(56)46-20-10-12-22-50(46)61-57/h4-14,16-34,36-39H,15,35,59H2,1-3H3/b49-36-,60-51?. The first-order valence-corrected chi connectivity index (χ1v) is 22.2. The number of hydrogen-bond donors (Lipinski definition) is 1. The SMILES string of the molecule is CC1C=Cc2c(c3c(n2-c2ccc(C(C)N=C(/C=C(\N)c4ccccc4)c4ccc(-c5nc6ccccc6c6c5c5ccccc5n6-c5ccccc5)cc4)cc2)C=CCC3C)C1. The summed E-state index contributed by atoms with van der Waals surface area (Å²) in [5.74, 6) is 1.06. The first-order valence-electron chi connectivity index (χ1n) is 22.2. The van der Waals surface area contributed by atoms with Gasteiger partial charge in [-0.05, 0) is 114 Å². The molecule has 6 aromatic carbocycles. The summed E-state index contributed by atoms with van der Waals surface area (Å²) in [5.41, 5.74) is 24.6. The predicted molar refractivity (Wildman–Crippen MR) is 265 cm³/mol. The Kier molecular flexibility index (Phi) is 9.61. The van der Waals surface area contributed by atoms with Crippen LogP contribution in [0.1, 0.15) is 78.4 Å².